The third-order valence-corrected chi connectivity index (χ3v) is 5.57. The third-order valence-electron chi connectivity index (χ3n) is 5.57. The first kappa shape index (κ1) is 14.8. The summed E-state index contributed by atoms with van der Waals surface area (Å²) >= 11 is 0. The summed E-state index contributed by atoms with van der Waals surface area (Å²) in [5, 5.41) is 9.48. The summed E-state index contributed by atoms with van der Waals surface area (Å²) in [6.45, 7) is 0. The highest BCUT2D eigenvalue weighted by molar-refractivity contribution is 5.10. The molecule has 3 nitrogen and oxygen atoms in total. The Morgan fingerprint density at radius 2 is 1.42 bits per heavy atom. The normalized spacial score (nSPS) is 33.6. The second-order valence-electron chi connectivity index (χ2n) is 6.73. The lowest BCUT2D eigenvalue weighted by molar-refractivity contribution is 0.0654. The molecule has 0 aromatic carbocycles. The quantitative estimate of drug-likeness (QED) is 0.784. The van der Waals surface area contributed by atoms with Gasteiger partial charge in [-0.25, -0.2) is 0 Å². The topological polar surface area (TPSA) is 30.3 Å². The molecule has 0 saturated heterocycles. The largest absolute Gasteiger partial charge is 0.300 e. The Bertz CT molecular complexity index is 317. The zero-order valence-corrected chi connectivity index (χ0v) is 12.9. The van der Waals surface area contributed by atoms with Gasteiger partial charge in [0.25, 0.3) is 0 Å². The van der Waals surface area contributed by atoms with Gasteiger partial charge in [-0.15, -0.1) is 0 Å². The molecule has 0 aliphatic heterocycles. The number of nitrogens with zero attached hydrogens (tertiary/aromatic N) is 3. The maximum Gasteiger partial charge on any atom is 0.108 e. The molecule has 19 heavy (non-hydrogen) atoms. The molecular formula is C16H29N3. The third kappa shape index (κ3) is 3.12. The summed E-state index contributed by atoms with van der Waals surface area (Å²) in [5.74, 6) is 0. The van der Waals surface area contributed by atoms with Crippen LogP contribution in [0.15, 0.2) is 0 Å². The van der Waals surface area contributed by atoms with Gasteiger partial charge in [-0.3, -0.25) is 4.90 Å². The van der Waals surface area contributed by atoms with Crippen molar-refractivity contribution in [2.75, 3.05) is 21.1 Å². The van der Waals surface area contributed by atoms with E-state index in [-0.39, 0.29) is 5.54 Å². The number of hydrogen-bond donors (Lipinski definition) is 0. The number of hydrogen-bond acceptors (Lipinski definition) is 3. The van der Waals surface area contributed by atoms with E-state index < -0.39 is 0 Å². The highest BCUT2D eigenvalue weighted by Crippen LogP contribution is 2.35. The molecule has 2 fully saturated rings. The number of nitriles is 1. The van der Waals surface area contributed by atoms with Crippen molar-refractivity contribution < 1.29 is 0 Å². The van der Waals surface area contributed by atoms with Gasteiger partial charge < -0.3 is 4.90 Å². The summed E-state index contributed by atoms with van der Waals surface area (Å²) in [6, 6.07) is 4.06. The van der Waals surface area contributed by atoms with Crippen LogP contribution >= 0.6 is 0 Å². The molecule has 0 amide bonds. The molecule has 2 aliphatic carbocycles. The molecule has 2 saturated carbocycles. The van der Waals surface area contributed by atoms with Gasteiger partial charge in [-0.1, -0.05) is 19.3 Å². The molecule has 0 aromatic heterocycles. The zero-order valence-electron chi connectivity index (χ0n) is 12.9. The molecule has 0 N–H and O–H groups in total. The fraction of sp³-hybridized carbons (Fsp3) is 0.938. The Morgan fingerprint density at radius 3 is 1.89 bits per heavy atom. The van der Waals surface area contributed by atoms with Gasteiger partial charge in [0, 0.05) is 12.1 Å². The van der Waals surface area contributed by atoms with E-state index in [4.69, 9.17) is 0 Å². The average Bonchev–Trinajstić information content (AvgIpc) is 2.47. The van der Waals surface area contributed by atoms with Crippen LogP contribution < -0.4 is 0 Å². The smallest absolute Gasteiger partial charge is 0.108 e. The fourth-order valence-corrected chi connectivity index (χ4v) is 3.93. The Labute approximate surface area is 118 Å². The zero-order chi connectivity index (χ0) is 13.9. The van der Waals surface area contributed by atoms with Crippen molar-refractivity contribution in [1.82, 2.24) is 9.80 Å². The fourth-order valence-electron chi connectivity index (χ4n) is 3.93. The second kappa shape index (κ2) is 6.24. The van der Waals surface area contributed by atoms with Crippen molar-refractivity contribution in [3.8, 4) is 6.07 Å². The highest BCUT2D eigenvalue weighted by atomic mass is 15.2. The van der Waals surface area contributed by atoms with Gasteiger partial charge in [-0.05, 0) is 59.7 Å². The Hall–Kier alpha value is -0.590. The van der Waals surface area contributed by atoms with Crippen LogP contribution in [0.1, 0.15) is 57.8 Å². The molecule has 0 unspecified atom stereocenters. The molecule has 0 bridgehead atoms. The van der Waals surface area contributed by atoms with Gasteiger partial charge >= 0.3 is 0 Å². The van der Waals surface area contributed by atoms with Gasteiger partial charge in [0.05, 0.1) is 6.07 Å². The van der Waals surface area contributed by atoms with Gasteiger partial charge in [-0.2, -0.15) is 5.26 Å². The van der Waals surface area contributed by atoms with Crippen molar-refractivity contribution in [3.63, 3.8) is 0 Å². The monoisotopic (exact) mass is 263 g/mol. The van der Waals surface area contributed by atoms with Crippen LogP contribution in [0.25, 0.3) is 0 Å². The first-order chi connectivity index (χ1) is 9.09. The van der Waals surface area contributed by atoms with E-state index in [1.807, 2.05) is 14.1 Å². The maximum atomic E-state index is 9.48. The molecule has 0 atom stereocenters. The molecule has 0 spiro atoms. The number of rotatable bonds is 3. The van der Waals surface area contributed by atoms with Crippen LogP contribution in [-0.2, 0) is 0 Å². The van der Waals surface area contributed by atoms with Crippen LogP contribution in [0.5, 0.6) is 0 Å². The molecule has 108 valence electrons. The second-order valence-corrected chi connectivity index (χ2v) is 6.73. The maximum absolute atomic E-state index is 9.48. The molecule has 0 aromatic rings. The minimum absolute atomic E-state index is 0.204. The minimum atomic E-state index is -0.204. The Balaban J connectivity index is 1.90. The van der Waals surface area contributed by atoms with Crippen molar-refractivity contribution in [2.24, 2.45) is 0 Å². The molecule has 0 heterocycles. The van der Waals surface area contributed by atoms with Crippen molar-refractivity contribution in [3.05, 3.63) is 0 Å². The van der Waals surface area contributed by atoms with Crippen LogP contribution in [0.4, 0.5) is 0 Å². The lowest BCUT2D eigenvalue weighted by Gasteiger charge is -2.44. The molecule has 3 heteroatoms. The van der Waals surface area contributed by atoms with E-state index in [2.05, 4.69) is 22.9 Å². The first-order valence-corrected chi connectivity index (χ1v) is 7.90. The van der Waals surface area contributed by atoms with E-state index in [0.717, 1.165) is 18.9 Å². The molecule has 2 aliphatic rings. The summed E-state index contributed by atoms with van der Waals surface area (Å²) in [4.78, 5) is 4.76. The van der Waals surface area contributed by atoms with Crippen molar-refractivity contribution in [1.29, 1.82) is 5.26 Å². The van der Waals surface area contributed by atoms with E-state index in [1.54, 1.807) is 0 Å². The van der Waals surface area contributed by atoms with Crippen molar-refractivity contribution in [2.45, 2.75) is 75.4 Å². The van der Waals surface area contributed by atoms with Crippen LogP contribution in [0.2, 0.25) is 0 Å². The summed E-state index contributed by atoms with van der Waals surface area (Å²) in [5.41, 5.74) is -0.204. The predicted molar refractivity (Wildman–Crippen MR) is 78.9 cm³/mol. The lowest BCUT2D eigenvalue weighted by Crippen LogP contribution is -2.51. The predicted octanol–water partition coefficient (Wildman–Crippen LogP) is 3.02. The van der Waals surface area contributed by atoms with E-state index >= 15 is 0 Å². The Morgan fingerprint density at radius 1 is 0.895 bits per heavy atom. The van der Waals surface area contributed by atoms with Crippen molar-refractivity contribution >= 4 is 0 Å². The Kier molecular flexibility index (Phi) is 4.86. The van der Waals surface area contributed by atoms with Gasteiger partial charge in [0.15, 0.2) is 0 Å². The van der Waals surface area contributed by atoms with Crippen LogP contribution in [0, 0.1) is 11.3 Å². The molecule has 0 radical (unpaired) electrons. The lowest BCUT2D eigenvalue weighted by atomic mass is 9.78. The first-order valence-electron chi connectivity index (χ1n) is 7.90. The van der Waals surface area contributed by atoms with Crippen LogP contribution in [0.3, 0.4) is 0 Å². The van der Waals surface area contributed by atoms with Crippen LogP contribution in [-0.4, -0.2) is 48.6 Å². The summed E-state index contributed by atoms with van der Waals surface area (Å²) in [6.07, 6.45) is 11.4. The standard InChI is InChI=1S/C16H29N3/c1-18(2)16(13-17)11-9-15(10-12-16)19(3)14-7-5-4-6-8-14/h14-15H,4-12H2,1-3H3. The van der Waals surface area contributed by atoms with Gasteiger partial charge in [0.2, 0.25) is 0 Å². The van der Waals surface area contributed by atoms with E-state index in [0.29, 0.717) is 6.04 Å². The van der Waals surface area contributed by atoms with Gasteiger partial charge in [0.1, 0.15) is 5.54 Å². The average molecular weight is 263 g/mol. The van der Waals surface area contributed by atoms with E-state index in [9.17, 15) is 5.26 Å². The minimum Gasteiger partial charge on any atom is -0.300 e. The SMILES string of the molecule is CN(C1CCCCC1)C1CCC(C#N)(N(C)C)CC1. The molecular weight excluding hydrogens is 234 g/mol. The van der Waals surface area contributed by atoms with E-state index in [1.165, 1.54) is 44.9 Å². The summed E-state index contributed by atoms with van der Waals surface area (Å²) < 4.78 is 0. The summed E-state index contributed by atoms with van der Waals surface area (Å²) in [7, 11) is 6.42. The molecule has 2 rings (SSSR count). The highest BCUT2D eigenvalue weighted by Gasteiger charge is 2.39.